The van der Waals surface area contributed by atoms with Crippen LogP contribution in [0.1, 0.15) is 23.1 Å². The second kappa shape index (κ2) is 6.72. The van der Waals surface area contributed by atoms with E-state index >= 15 is 0 Å². The van der Waals surface area contributed by atoms with Gasteiger partial charge in [-0.25, -0.2) is 0 Å². The first kappa shape index (κ1) is 14.9. The molecule has 1 aromatic rings. The molecule has 0 spiro atoms. The number of amides is 1. The molecule has 1 amide bonds. The first-order valence-electron chi connectivity index (χ1n) is 6.06. The van der Waals surface area contributed by atoms with E-state index < -0.39 is 5.97 Å². The number of rotatable bonds is 6. The monoisotopic (exact) mass is 265 g/mol. The van der Waals surface area contributed by atoms with Crippen molar-refractivity contribution in [2.45, 2.75) is 13.8 Å². The smallest absolute Gasteiger partial charge is 0.325 e. The number of hydrogen-bond acceptors (Lipinski definition) is 4. The van der Waals surface area contributed by atoms with Gasteiger partial charge in [-0.2, -0.15) is 5.10 Å². The first-order chi connectivity index (χ1) is 8.99. The van der Waals surface area contributed by atoms with Gasteiger partial charge in [-0.15, -0.1) is 6.58 Å². The largest absolute Gasteiger partial charge is 0.465 e. The van der Waals surface area contributed by atoms with E-state index in [1.165, 1.54) is 9.58 Å². The topological polar surface area (TPSA) is 64.4 Å². The molecule has 0 fully saturated rings. The molecular formula is C13H19N3O3. The van der Waals surface area contributed by atoms with Crippen LogP contribution < -0.4 is 0 Å². The van der Waals surface area contributed by atoms with Crippen LogP contribution in [0.15, 0.2) is 18.7 Å². The van der Waals surface area contributed by atoms with Crippen molar-refractivity contribution in [1.82, 2.24) is 14.7 Å². The number of esters is 1. The number of carbonyl (C=O) groups is 2. The van der Waals surface area contributed by atoms with Crippen molar-refractivity contribution in [1.29, 1.82) is 0 Å². The van der Waals surface area contributed by atoms with Gasteiger partial charge in [0.05, 0.1) is 12.3 Å². The molecule has 0 saturated heterocycles. The van der Waals surface area contributed by atoms with Crippen LogP contribution in [0.5, 0.6) is 0 Å². The molecule has 0 aliphatic carbocycles. The van der Waals surface area contributed by atoms with E-state index in [1.807, 2.05) is 0 Å². The lowest BCUT2D eigenvalue weighted by atomic mass is 10.3. The molecule has 0 aromatic carbocycles. The van der Waals surface area contributed by atoms with E-state index in [9.17, 15) is 9.59 Å². The van der Waals surface area contributed by atoms with Crippen molar-refractivity contribution in [3.05, 3.63) is 30.1 Å². The van der Waals surface area contributed by atoms with Gasteiger partial charge in [-0.3, -0.25) is 14.3 Å². The van der Waals surface area contributed by atoms with Gasteiger partial charge < -0.3 is 9.64 Å². The van der Waals surface area contributed by atoms with Gasteiger partial charge in [-0.05, 0) is 19.9 Å². The molecule has 6 nitrogen and oxygen atoms in total. The third kappa shape index (κ3) is 3.94. The van der Waals surface area contributed by atoms with Gasteiger partial charge >= 0.3 is 5.97 Å². The minimum atomic E-state index is -0.434. The Hall–Kier alpha value is -2.11. The summed E-state index contributed by atoms with van der Waals surface area (Å²) in [5.74, 6) is -0.701. The van der Waals surface area contributed by atoms with Crippen molar-refractivity contribution < 1.29 is 14.3 Å². The minimum absolute atomic E-state index is 0.0943. The molecule has 6 heteroatoms. The Morgan fingerprint density at radius 1 is 1.58 bits per heavy atom. The quantitative estimate of drug-likeness (QED) is 0.566. The molecular weight excluding hydrogens is 246 g/mol. The van der Waals surface area contributed by atoms with Gasteiger partial charge in [0.2, 0.25) is 0 Å². The highest BCUT2D eigenvalue weighted by molar-refractivity contribution is 5.94. The number of aryl methyl sites for hydroxylation is 2. The lowest BCUT2D eigenvalue weighted by Gasteiger charge is -2.19. The average Bonchev–Trinajstić information content (AvgIpc) is 2.67. The van der Waals surface area contributed by atoms with Crippen molar-refractivity contribution in [2.24, 2.45) is 7.05 Å². The summed E-state index contributed by atoms with van der Waals surface area (Å²) in [5, 5.41) is 4.12. The van der Waals surface area contributed by atoms with Crippen LogP contribution in [0.4, 0.5) is 0 Å². The molecule has 0 aliphatic heterocycles. The zero-order valence-corrected chi connectivity index (χ0v) is 11.5. The Morgan fingerprint density at radius 2 is 2.26 bits per heavy atom. The van der Waals surface area contributed by atoms with E-state index in [0.29, 0.717) is 12.3 Å². The van der Waals surface area contributed by atoms with Gasteiger partial charge in [0.15, 0.2) is 0 Å². The molecule has 0 atom stereocenters. The maximum absolute atomic E-state index is 12.3. The van der Waals surface area contributed by atoms with Crippen molar-refractivity contribution >= 4 is 11.9 Å². The van der Waals surface area contributed by atoms with Gasteiger partial charge in [-0.1, -0.05) is 6.08 Å². The fourth-order valence-electron chi connectivity index (χ4n) is 1.71. The summed E-state index contributed by atoms with van der Waals surface area (Å²) in [4.78, 5) is 25.2. The Labute approximate surface area is 112 Å². The minimum Gasteiger partial charge on any atom is -0.465 e. The normalized spacial score (nSPS) is 10.1. The van der Waals surface area contributed by atoms with E-state index in [1.54, 1.807) is 33.0 Å². The number of carbonyl (C=O) groups excluding carboxylic acids is 2. The summed E-state index contributed by atoms with van der Waals surface area (Å²) < 4.78 is 6.35. The highest BCUT2D eigenvalue weighted by Crippen LogP contribution is 2.07. The standard InChI is InChI=1S/C13H19N3O3/c1-5-7-16(9-12(17)19-6-2)13(18)11-8-10(3)14-15(11)4/h5,8H,1,6-7,9H2,2-4H3. The van der Waals surface area contributed by atoms with Crippen molar-refractivity contribution in [3.8, 4) is 0 Å². The Balaban J connectivity index is 2.86. The van der Waals surface area contributed by atoms with Crippen LogP contribution in [-0.2, 0) is 16.6 Å². The molecule has 1 heterocycles. The van der Waals surface area contributed by atoms with Crippen LogP contribution in [-0.4, -0.2) is 46.3 Å². The Kier molecular flexibility index (Phi) is 5.29. The summed E-state index contributed by atoms with van der Waals surface area (Å²) in [5.41, 5.74) is 1.18. The second-order valence-corrected chi connectivity index (χ2v) is 4.07. The molecule has 0 radical (unpaired) electrons. The molecule has 104 valence electrons. The summed E-state index contributed by atoms with van der Waals surface area (Å²) >= 11 is 0. The molecule has 1 aromatic heterocycles. The van der Waals surface area contributed by atoms with Gasteiger partial charge in [0.25, 0.3) is 5.91 Å². The highest BCUT2D eigenvalue weighted by Gasteiger charge is 2.21. The average molecular weight is 265 g/mol. The molecule has 0 bridgehead atoms. The summed E-state index contributed by atoms with van der Waals surface area (Å²) in [6.45, 7) is 7.60. The first-order valence-corrected chi connectivity index (χ1v) is 6.06. The third-order valence-corrected chi connectivity index (χ3v) is 2.48. The maximum Gasteiger partial charge on any atom is 0.325 e. The number of aromatic nitrogens is 2. The molecule has 1 rings (SSSR count). The van der Waals surface area contributed by atoms with Crippen LogP contribution >= 0.6 is 0 Å². The number of hydrogen-bond donors (Lipinski definition) is 0. The fraction of sp³-hybridized carbons (Fsp3) is 0.462. The van der Waals surface area contributed by atoms with Crippen LogP contribution in [0, 0.1) is 6.92 Å². The number of nitrogens with zero attached hydrogens (tertiary/aromatic N) is 3. The van der Waals surface area contributed by atoms with E-state index in [2.05, 4.69) is 11.7 Å². The fourth-order valence-corrected chi connectivity index (χ4v) is 1.71. The number of ether oxygens (including phenoxy) is 1. The second-order valence-electron chi connectivity index (χ2n) is 4.07. The summed E-state index contributed by atoms with van der Waals surface area (Å²) in [7, 11) is 1.69. The summed E-state index contributed by atoms with van der Waals surface area (Å²) in [6.07, 6.45) is 1.57. The highest BCUT2D eigenvalue weighted by atomic mass is 16.5. The molecule has 0 aliphatic rings. The maximum atomic E-state index is 12.3. The van der Waals surface area contributed by atoms with Crippen molar-refractivity contribution in [3.63, 3.8) is 0 Å². The lowest BCUT2D eigenvalue weighted by molar-refractivity contribution is -0.143. The van der Waals surface area contributed by atoms with Crippen LogP contribution in [0.25, 0.3) is 0 Å². The van der Waals surface area contributed by atoms with E-state index in [-0.39, 0.29) is 19.0 Å². The molecule has 0 N–H and O–H groups in total. The SMILES string of the molecule is C=CCN(CC(=O)OCC)C(=O)c1cc(C)nn1C. The van der Waals surface area contributed by atoms with Crippen LogP contribution in [0.3, 0.4) is 0 Å². The zero-order valence-electron chi connectivity index (χ0n) is 11.5. The molecule has 0 saturated carbocycles. The molecule has 19 heavy (non-hydrogen) atoms. The van der Waals surface area contributed by atoms with Gasteiger partial charge in [0, 0.05) is 13.6 Å². The third-order valence-electron chi connectivity index (χ3n) is 2.48. The molecule has 0 unspecified atom stereocenters. The summed E-state index contributed by atoms with van der Waals surface area (Å²) in [6, 6.07) is 1.68. The zero-order chi connectivity index (χ0) is 14.4. The Bertz CT molecular complexity index is 479. The predicted molar refractivity (Wildman–Crippen MR) is 70.7 cm³/mol. The van der Waals surface area contributed by atoms with E-state index in [0.717, 1.165) is 5.69 Å². The Morgan fingerprint density at radius 3 is 2.74 bits per heavy atom. The van der Waals surface area contributed by atoms with E-state index in [4.69, 9.17) is 4.74 Å². The lowest BCUT2D eigenvalue weighted by Crippen LogP contribution is -2.37. The van der Waals surface area contributed by atoms with Gasteiger partial charge in [0.1, 0.15) is 12.2 Å². The van der Waals surface area contributed by atoms with Crippen molar-refractivity contribution in [2.75, 3.05) is 19.7 Å². The predicted octanol–water partition coefficient (Wildman–Crippen LogP) is 0.920. The van der Waals surface area contributed by atoms with Crippen LogP contribution in [0.2, 0.25) is 0 Å².